The van der Waals surface area contributed by atoms with Crippen molar-refractivity contribution in [2.75, 3.05) is 13.1 Å². The van der Waals surface area contributed by atoms with Crippen molar-refractivity contribution in [3.05, 3.63) is 93.9 Å². The zero-order chi connectivity index (χ0) is 29.4. The van der Waals surface area contributed by atoms with Gasteiger partial charge in [0.1, 0.15) is 17.4 Å². The molecule has 0 radical (unpaired) electrons. The van der Waals surface area contributed by atoms with E-state index in [1.165, 1.54) is 12.5 Å². The second-order valence-electron chi connectivity index (χ2n) is 11.0. The molecule has 1 atom stereocenters. The molecular formula is C31H32ClFN4O5. The SMILES string of the molecule is Cc1ncoc1Cn1c(CCC(=O)O)cnc1CN1CCC(c2cccc3c2OC(C)(c2ccc(Cl)cc2F)O3)CC1. The van der Waals surface area contributed by atoms with E-state index in [0.29, 0.717) is 41.6 Å². The number of likely N-dealkylation sites (tertiary alicyclic amines) is 1. The quantitative estimate of drug-likeness (QED) is 0.249. The van der Waals surface area contributed by atoms with E-state index in [2.05, 4.69) is 25.5 Å². The summed E-state index contributed by atoms with van der Waals surface area (Å²) in [5.41, 5.74) is 3.01. The lowest BCUT2D eigenvalue weighted by molar-refractivity contribution is -0.137. The molecular weight excluding hydrogens is 563 g/mol. The van der Waals surface area contributed by atoms with Gasteiger partial charge in [-0.1, -0.05) is 23.7 Å². The predicted octanol–water partition coefficient (Wildman–Crippen LogP) is 6.06. The number of imidazole rings is 1. The molecule has 6 rings (SSSR count). The van der Waals surface area contributed by atoms with Crippen LogP contribution in [0.2, 0.25) is 5.02 Å². The molecule has 2 aliphatic heterocycles. The molecule has 0 spiro atoms. The average Bonchev–Trinajstić information content (AvgIpc) is 3.64. The molecule has 1 N–H and O–H groups in total. The first kappa shape index (κ1) is 28.2. The zero-order valence-corrected chi connectivity index (χ0v) is 24.2. The summed E-state index contributed by atoms with van der Waals surface area (Å²) in [6.07, 6.45) is 5.41. The third-order valence-corrected chi connectivity index (χ3v) is 8.42. The molecule has 2 aromatic carbocycles. The van der Waals surface area contributed by atoms with Crippen molar-refractivity contribution in [2.45, 2.75) is 64.3 Å². The predicted molar refractivity (Wildman–Crippen MR) is 152 cm³/mol. The van der Waals surface area contributed by atoms with Crippen LogP contribution in [0.3, 0.4) is 0 Å². The van der Waals surface area contributed by atoms with Crippen LogP contribution in [0, 0.1) is 12.7 Å². The number of ether oxygens (including phenoxy) is 2. The third-order valence-electron chi connectivity index (χ3n) is 8.19. The molecule has 2 aromatic heterocycles. The Labute approximate surface area is 247 Å². The Morgan fingerprint density at radius 3 is 2.69 bits per heavy atom. The molecule has 11 heteroatoms. The van der Waals surface area contributed by atoms with Crippen LogP contribution in [0.25, 0.3) is 0 Å². The first-order valence-corrected chi connectivity index (χ1v) is 14.4. The Kier molecular flexibility index (Phi) is 7.67. The highest BCUT2D eigenvalue weighted by Gasteiger charge is 2.43. The number of piperidine rings is 1. The minimum atomic E-state index is -1.29. The van der Waals surface area contributed by atoms with Gasteiger partial charge in [0.05, 0.1) is 30.8 Å². The van der Waals surface area contributed by atoms with Crippen molar-refractivity contribution in [3.63, 3.8) is 0 Å². The number of aryl methyl sites for hydroxylation is 2. The Morgan fingerprint density at radius 2 is 1.98 bits per heavy atom. The smallest absolute Gasteiger partial charge is 0.303 e. The van der Waals surface area contributed by atoms with Crippen LogP contribution >= 0.6 is 11.6 Å². The summed E-state index contributed by atoms with van der Waals surface area (Å²) in [4.78, 5) is 22.5. The number of para-hydroxylation sites is 1. The number of nitrogens with zero attached hydrogens (tertiary/aromatic N) is 4. The monoisotopic (exact) mass is 594 g/mol. The fraction of sp³-hybridized carbons (Fsp3) is 0.387. The lowest BCUT2D eigenvalue weighted by Crippen LogP contribution is -2.34. The zero-order valence-electron chi connectivity index (χ0n) is 23.5. The summed E-state index contributed by atoms with van der Waals surface area (Å²) in [7, 11) is 0. The Morgan fingerprint density at radius 1 is 1.17 bits per heavy atom. The maximum Gasteiger partial charge on any atom is 0.303 e. The van der Waals surface area contributed by atoms with Gasteiger partial charge in [0.2, 0.25) is 0 Å². The molecule has 0 bridgehead atoms. The van der Waals surface area contributed by atoms with E-state index in [1.807, 2.05) is 19.1 Å². The summed E-state index contributed by atoms with van der Waals surface area (Å²) in [6, 6.07) is 10.4. The first-order valence-electron chi connectivity index (χ1n) is 14.0. The minimum absolute atomic E-state index is 0.0306. The van der Waals surface area contributed by atoms with E-state index in [1.54, 1.807) is 25.3 Å². The Balaban J connectivity index is 1.15. The van der Waals surface area contributed by atoms with Crippen molar-refractivity contribution in [2.24, 2.45) is 0 Å². The van der Waals surface area contributed by atoms with Gasteiger partial charge in [-0.15, -0.1) is 0 Å². The van der Waals surface area contributed by atoms with Gasteiger partial charge in [0, 0.05) is 29.4 Å². The van der Waals surface area contributed by atoms with Crippen LogP contribution in [0.1, 0.15) is 66.2 Å². The Bertz CT molecular complexity index is 1610. The van der Waals surface area contributed by atoms with Gasteiger partial charge >= 0.3 is 5.97 Å². The van der Waals surface area contributed by atoms with Crippen LogP contribution < -0.4 is 9.47 Å². The number of aliphatic carboxylic acids is 1. The number of rotatable bonds is 9. The van der Waals surface area contributed by atoms with E-state index in [4.69, 9.17) is 25.5 Å². The van der Waals surface area contributed by atoms with Crippen LogP contribution in [-0.2, 0) is 30.1 Å². The van der Waals surface area contributed by atoms with Crippen molar-refractivity contribution in [3.8, 4) is 11.5 Å². The maximum absolute atomic E-state index is 14.8. The number of aromatic nitrogens is 3. The second-order valence-corrected chi connectivity index (χ2v) is 11.4. The molecule has 1 unspecified atom stereocenters. The Hall–Kier alpha value is -3.89. The molecule has 0 amide bonds. The van der Waals surface area contributed by atoms with Gasteiger partial charge < -0.3 is 23.6 Å². The van der Waals surface area contributed by atoms with Crippen molar-refractivity contribution in [1.82, 2.24) is 19.4 Å². The summed E-state index contributed by atoms with van der Waals surface area (Å²) >= 11 is 5.96. The highest BCUT2D eigenvalue weighted by Crippen LogP contribution is 2.49. The summed E-state index contributed by atoms with van der Waals surface area (Å²) in [5, 5.41) is 9.53. The summed E-state index contributed by atoms with van der Waals surface area (Å²) < 4.78 is 34.9. The van der Waals surface area contributed by atoms with Gasteiger partial charge in [-0.3, -0.25) is 9.69 Å². The first-order chi connectivity index (χ1) is 20.2. The van der Waals surface area contributed by atoms with E-state index >= 15 is 0 Å². The van der Waals surface area contributed by atoms with E-state index in [9.17, 15) is 14.3 Å². The topological polar surface area (TPSA) is 103 Å². The van der Waals surface area contributed by atoms with Gasteiger partial charge in [-0.2, -0.15) is 0 Å². The third kappa shape index (κ3) is 5.61. The molecule has 1 fully saturated rings. The highest BCUT2D eigenvalue weighted by atomic mass is 35.5. The molecule has 42 heavy (non-hydrogen) atoms. The lowest BCUT2D eigenvalue weighted by Gasteiger charge is -2.32. The normalized spacial score (nSPS) is 19.0. The van der Waals surface area contributed by atoms with Crippen LogP contribution in [0.5, 0.6) is 11.5 Å². The van der Waals surface area contributed by atoms with Crippen molar-refractivity contribution < 1.29 is 28.2 Å². The van der Waals surface area contributed by atoms with Gasteiger partial charge in [-0.05, 0) is 69.5 Å². The van der Waals surface area contributed by atoms with E-state index in [-0.39, 0.29) is 12.3 Å². The fourth-order valence-corrected chi connectivity index (χ4v) is 6.03. The molecule has 4 aromatic rings. The number of halogens is 2. The van der Waals surface area contributed by atoms with E-state index < -0.39 is 17.6 Å². The second kappa shape index (κ2) is 11.4. The number of carboxylic acid groups (broad SMARTS) is 1. The molecule has 4 heterocycles. The maximum atomic E-state index is 14.8. The number of hydrogen-bond donors (Lipinski definition) is 1. The highest BCUT2D eigenvalue weighted by molar-refractivity contribution is 6.30. The number of benzene rings is 2. The molecule has 2 aliphatic rings. The van der Waals surface area contributed by atoms with Crippen LogP contribution in [-0.4, -0.2) is 43.6 Å². The number of hydrogen-bond acceptors (Lipinski definition) is 7. The summed E-state index contributed by atoms with van der Waals surface area (Å²) in [5.74, 6) is 0.501. The van der Waals surface area contributed by atoms with E-state index in [0.717, 1.165) is 54.5 Å². The number of carboxylic acids is 1. The van der Waals surface area contributed by atoms with Gasteiger partial charge in [0.25, 0.3) is 5.79 Å². The number of carbonyl (C=O) groups is 1. The number of fused-ring (bicyclic) bond motifs is 1. The van der Waals surface area contributed by atoms with Crippen molar-refractivity contribution in [1.29, 1.82) is 0 Å². The molecule has 220 valence electrons. The summed E-state index contributed by atoms with van der Waals surface area (Å²) in [6.45, 7) is 6.38. The van der Waals surface area contributed by atoms with Gasteiger partial charge in [0.15, 0.2) is 17.9 Å². The molecule has 0 aliphatic carbocycles. The average molecular weight is 595 g/mol. The number of oxazole rings is 1. The van der Waals surface area contributed by atoms with Gasteiger partial charge in [-0.25, -0.2) is 14.4 Å². The van der Waals surface area contributed by atoms with Crippen LogP contribution in [0.4, 0.5) is 4.39 Å². The molecule has 1 saturated heterocycles. The molecule has 9 nitrogen and oxygen atoms in total. The lowest BCUT2D eigenvalue weighted by atomic mass is 9.88. The fourth-order valence-electron chi connectivity index (χ4n) is 5.87. The molecule has 0 saturated carbocycles. The minimum Gasteiger partial charge on any atom is -0.481 e. The largest absolute Gasteiger partial charge is 0.481 e. The van der Waals surface area contributed by atoms with Crippen LogP contribution in [0.15, 0.2) is 53.4 Å². The standard InChI is InChI=1S/C31H32ClFN4O5/c1-19-27(40-18-35-19)16-37-22(7-9-29(38)39)15-34-28(37)17-36-12-10-20(11-13-36)23-4-3-5-26-30(23)42-31(2,41-26)24-8-6-21(32)14-25(24)33/h3-6,8,14-15,18,20H,7,9-13,16-17H2,1-2H3,(H,38,39). The van der Waals surface area contributed by atoms with Crippen molar-refractivity contribution >= 4 is 17.6 Å².